The molecule has 1 saturated heterocycles. The van der Waals surface area contributed by atoms with Crippen LogP contribution in [0.2, 0.25) is 0 Å². The van der Waals surface area contributed by atoms with Gasteiger partial charge in [-0.25, -0.2) is 5.90 Å². The zero-order valence-corrected chi connectivity index (χ0v) is 12.0. The molecular weight excluding hydrogens is 282 g/mol. The molecular formula is C15H17N5O2. The van der Waals surface area contributed by atoms with Crippen molar-refractivity contribution in [1.29, 1.82) is 5.26 Å². The number of pyridine rings is 2. The van der Waals surface area contributed by atoms with E-state index in [-0.39, 0.29) is 6.04 Å². The van der Waals surface area contributed by atoms with Crippen molar-refractivity contribution in [3.8, 4) is 6.07 Å². The molecule has 7 nitrogen and oxygen atoms in total. The van der Waals surface area contributed by atoms with Gasteiger partial charge < -0.3 is 0 Å². The SMILES string of the molecule is N#CC1CN1OCc1ccccn1.NOCc1ccccn1. The fraction of sp³-hybridized carbons (Fsp3) is 0.267. The maximum absolute atomic E-state index is 8.49. The van der Waals surface area contributed by atoms with Crippen LogP contribution in [0.4, 0.5) is 0 Å². The summed E-state index contributed by atoms with van der Waals surface area (Å²) in [5, 5.41) is 10.1. The summed E-state index contributed by atoms with van der Waals surface area (Å²) in [7, 11) is 0. The molecule has 1 aliphatic rings. The zero-order valence-electron chi connectivity index (χ0n) is 12.0. The predicted octanol–water partition coefficient (Wildman–Crippen LogP) is 1.19. The third-order valence-corrected chi connectivity index (χ3v) is 2.78. The van der Waals surface area contributed by atoms with Gasteiger partial charge in [0.25, 0.3) is 0 Å². The zero-order chi connectivity index (χ0) is 15.6. The molecule has 0 aliphatic carbocycles. The highest BCUT2D eigenvalue weighted by molar-refractivity contribution is 5.04. The summed E-state index contributed by atoms with van der Waals surface area (Å²) in [5.41, 5.74) is 1.73. The highest BCUT2D eigenvalue weighted by atomic mass is 16.7. The van der Waals surface area contributed by atoms with Crippen LogP contribution in [-0.2, 0) is 22.9 Å². The van der Waals surface area contributed by atoms with Crippen molar-refractivity contribution in [2.24, 2.45) is 5.90 Å². The molecule has 0 aromatic carbocycles. The van der Waals surface area contributed by atoms with E-state index in [2.05, 4.69) is 20.9 Å². The number of rotatable bonds is 5. The van der Waals surface area contributed by atoms with Crippen LogP contribution in [0.25, 0.3) is 0 Å². The minimum absolute atomic E-state index is 0.0521. The van der Waals surface area contributed by atoms with Crippen LogP contribution in [0.5, 0.6) is 0 Å². The molecule has 0 saturated carbocycles. The van der Waals surface area contributed by atoms with E-state index in [1.165, 1.54) is 0 Å². The average molecular weight is 299 g/mol. The van der Waals surface area contributed by atoms with Crippen LogP contribution in [0.1, 0.15) is 11.4 Å². The summed E-state index contributed by atoms with van der Waals surface area (Å²) in [6.07, 6.45) is 3.43. The average Bonchev–Trinajstić information content (AvgIpc) is 3.35. The van der Waals surface area contributed by atoms with Crippen molar-refractivity contribution in [2.45, 2.75) is 19.3 Å². The minimum atomic E-state index is -0.0521. The Morgan fingerprint density at radius 2 is 1.77 bits per heavy atom. The predicted molar refractivity (Wildman–Crippen MR) is 78.3 cm³/mol. The molecule has 1 fully saturated rings. The maximum atomic E-state index is 8.49. The third kappa shape index (κ3) is 5.55. The van der Waals surface area contributed by atoms with E-state index < -0.39 is 0 Å². The normalized spacial score (nSPS) is 18.7. The second kappa shape index (κ2) is 8.81. The van der Waals surface area contributed by atoms with E-state index in [0.717, 1.165) is 11.4 Å². The number of nitrogens with zero attached hydrogens (tertiary/aromatic N) is 4. The van der Waals surface area contributed by atoms with Crippen molar-refractivity contribution in [3.63, 3.8) is 0 Å². The molecule has 22 heavy (non-hydrogen) atoms. The van der Waals surface area contributed by atoms with Gasteiger partial charge in [-0.05, 0) is 24.3 Å². The fourth-order valence-electron chi connectivity index (χ4n) is 1.57. The Morgan fingerprint density at radius 1 is 1.14 bits per heavy atom. The van der Waals surface area contributed by atoms with Crippen LogP contribution >= 0.6 is 0 Å². The molecule has 2 aromatic heterocycles. The molecule has 0 amide bonds. The number of hydrogen-bond donors (Lipinski definition) is 1. The van der Waals surface area contributed by atoms with Crippen molar-refractivity contribution >= 4 is 0 Å². The Labute approximate surface area is 128 Å². The van der Waals surface area contributed by atoms with Crippen LogP contribution in [0.3, 0.4) is 0 Å². The Hall–Kier alpha value is -2.37. The molecule has 2 atom stereocenters. The van der Waals surface area contributed by atoms with Crippen LogP contribution in [-0.4, -0.2) is 27.6 Å². The number of nitriles is 1. The van der Waals surface area contributed by atoms with Crippen LogP contribution in [0.15, 0.2) is 48.8 Å². The monoisotopic (exact) mass is 299 g/mol. The second-order valence-corrected chi connectivity index (χ2v) is 4.47. The Morgan fingerprint density at radius 3 is 2.23 bits per heavy atom. The van der Waals surface area contributed by atoms with Crippen molar-refractivity contribution in [3.05, 3.63) is 60.2 Å². The maximum Gasteiger partial charge on any atom is 0.137 e. The standard InChI is InChI=1S/C9H9N3O.C6H8N2O/c10-5-9-6-12(9)13-7-8-3-1-2-4-11-8;7-9-5-6-3-1-2-4-8-6/h1-4,9H,6-7H2;1-4H,5,7H2. The fourth-order valence-corrected chi connectivity index (χ4v) is 1.57. The number of nitrogens with two attached hydrogens (primary N) is 1. The molecule has 2 N–H and O–H groups in total. The summed E-state index contributed by atoms with van der Waals surface area (Å²) in [6, 6.07) is 13.3. The lowest BCUT2D eigenvalue weighted by atomic mass is 10.4. The summed E-state index contributed by atoms with van der Waals surface area (Å²) < 4.78 is 0. The lowest BCUT2D eigenvalue weighted by Gasteiger charge is -2.01. The second-order valence-electron chi connectivity index (χ2n) is 4.47. The molecule has 2 aromatic rings. The summed E-state index contributed by atoms with van der Waals surface area (Å²) >= 11 is 0. The quantitative estimate of drug-likeness (QED) is 0.654. The van der Waals surface area contributed by atoms with Crippen molar-refractivity contribution in [1.82, 2.24) is 15.0 Å². The Balaban J connectivity index is 0.000000172. The lowest BCUT2D eigenvalue weighted by molar-refractivity contribution is -0.0839. The van der Waals surface area contributed by atoms with E-state index in [4.69, 9.17) is 16.0 Å². The topological polar surface area (TPSA) is 97.1 Å². The third-order valence-electron chi connectivity index (χ3n) is 2.78. The summed E-state index contributed by atoms with van der Waals surface area (Å²) in [5.74, 6) is 4.82. The van der Waals surface area contributed by atoms with Gasteiger partial charge >= 0.3 is 0 Å². The van der Waals surface area contributed by atoms with Gasteiger partial charge in [0, 0.05) is 12.4 Å². The molecule has 3 rings (SSSR count). The molecule has 0 radical (unpaired) electrons. The molecule has 0 spiro atoms. The molecule has 2 unspecified atom stereocenters. The number of hydrogen-bond acceptors (Lipinski definition) is 7. The summed E-state index contributed by atoms with van der Waals surface area (Å²) in [4.78, 5) is 17.7. The van der Waals surface area contributed by atoms with Gasteiger partial charge in [-0.3, -0.25) is 19.6 Å². The highest BCUT2D eigenvalue weighted by Gasteiger charge is 2.35. The van der Waals surface area contributed by atoms with Crippen molar-refractivity contribution in [2.75, 3.05) is 6.54 Å². The van der Waals surface area contributed by atoms with Crippen molar-refractivity contribution < 1.29 is 9.68 Å². The number of hydroxylamine groups is 2. The first-order valence-corrected chi connectivity index (χ1v) is 6.74. The first-order chi connectivity index (χ1) is 10.8. The van der Waals surface area contributed by atoms with E-state index >= 15 is 0 Å². The van der Waals surface area contributed by atoms with E-state index in [1.54, 1.807) is 17.5 Å². The molecule has 114 valence electrons. The van der Waals surface area contributed by atoms with Gasteiger partial charge in [-0.2, -0.15) is 10.3 Å². The van der Waals surface area contributed by atoms with Crippen LogP contribution in [0, 0.1) is 11.3 Å². The smallest absolute Gasteiger partial charge is 0.137 e. The van der Waals surface area contributed by atoms with E-state index in [0.29, 0.717) is 19.8 Å². The van der Waals surface area contributed by atoms with Crippen LogP contribution < -0.4 is 5.90 Å². The van der Waals surface area contributed by atoms with E-state index in [1.807, 2.05) is 36.4 Å². The Bertz CT molecular complexity index is 588. The lowest BCUT2D eigenvalue weighted by Crippen LogP contribution is -2.03. The molecule has 0 bridgehead atoms. The van der Waals surface area contributed by atoms with Gasteiger partial charge in [0.15, 0.2) is 0 Å². The Kier molecular flexibility index (Phi) is 6.41. The largest absolute Gasteiger partial charge is 0.298 e. The summed E-state index contributed by atoms with van der Waals surface area (Å²) in [6.45, 7) is 1.53. The van der Waals surface area contributed by atoms with Gasteiger partial charge in [0.2, 0.25) is 0 Å². The first kappa shape index (κ1) is 16.0. The minimum Gasteiger partial charge on any atom is -0.298 e. The van der Waals surface area contributed by atoms with Gasteiger partial charge in [0.05, 0.1) is 24.0 Å². The first-order valence-electron chi connectivity index (χ1n) is 6.74. The number of aromatic nitrogens is 2. The molecule has 1 aliphatic heterocycles. The molecule has 7 heteroatoms. The molecule has 3 heterocycles. The van der Waals surface area contributed by atoms with Gasteiger partial charge in [-0.15, -0.1) is 0 Å². The highest BCUT2D eigenvalue weighted by Crippen LogP contribution is 2.17. The van der Waals surface area contributed by atoms with Gasteiger partial charge in [0.1, 0.15) is 19.3 Å². The van der Waals surface area contributed by atoms with Gasteiger partial charge in [-0.1, -0.05) is 12.1 Å². The van der Waals surface area contributed by atoms with E-state index in [9.17, 15) is 0 Å².